The third kappa shape index (κ3) is 3.46. The summed E-state index contributed by atoms with van der Waals surface area (Å²) in [6, 6.07) is 11.7. The van der Waals surface area contributed by atoms with Gasteiger partial charge in [-0.05, 0) is 37.3 Å². The number of rotatable bonds is 3. The van der Waals surface area contributed by atoms with Gasteiger partial charge in [-0.2, -0.15) is 0 Å². The predicted molar refractivity (Wildman–Crippen MR) is 72.4 cm³/mol. The molecule has 2 nitrogen and oxygen atoms in total. The fourth-order valence-corrected chi connectivity index (χ4v) is 2.49. The van der Waals surface area contributed by atoms with Crippen molar-refractivity contribution in [2.24, 2.45) is 5.73 Å². The summed E-state index contributed by atoms with van der Waals surface area (Å²) >= 11 is 7.57. The molecule has 0 aliphatic carbocycles. The molecule has 2 N–H and O–H groups in total. The van der Waals surface area contributed by atoms with Crippen molar-refractivity contribution in [3.05, 3.63) is 53.3 Å². The first kappa shape index (κ1) is 12.4. The summed E-state index contributed by atoms with van der Waals surface area (Å²) in [4.78, 5) is 6.50. The van der Waals surface area contributed by atoms with Crippen LogP contribution in [0.4, 0.5) is 0 Å². The summed E-state index contributed by atoms with van der Waals surface area (Å²) in [6.07, 6.45) is 1.84. The van der Waals surface area contributed by atoms with Gasteiger partial charge in [0.05, 0.1) is 5.69 Å². The van der Waals surface area contributed by atoms with Crippen LogP contribution >= 0.6 is 23.4 Å². The van der Waals surface area contributed by atoms with Gasteiger partial charge in [0.2, 0.25) is 0 Å². The van der Waals surface area contributed by atoms with Crippen molar-refractivity contribution in [2.45, 2.75) is 22.8 Å². The van der Waals surface area contributed by atoms with E-state index in [0.29, 0.717) is 0 Å². The second-order valence-corrected chi connectivity index (χ2v) is 5.35. The van der Waals surface area contributed by atoms with E-state index in [0.717, 1.165) is 20.5 Å². The lowest BCUT2D eigenvalue weighted by molar-refractivity contribution is 0.777. The van der Waals surface area contributed by atoms with E-state index in [1.165, 1.54) is 0 Å². The predicted octanol–water partition coefficient (Wildman–Crippen LogP) is 3.91. The Bertz CT molecular complexity index is 497. The molecular formula is C13H13ClN2S. The van der Waals surface area contributed by atoms with Gasteiger partial charge >= 0.3 is 0 Å². The molecule has 4 heteroatoms. The van der Waals surface area contributed by atoms with E-state index in [4.69, 9.17) is 17.3 Å². The van der Waals surface area contributed by atoms with E-state index in [-0.39, 0.29) is 6.04 Å². The summed E-state index contributed by atoms with van der Waals surface area (Å²) in [5.41, 5.74) is 6.65. The highest BCUT2D eigenvalue weighted by Gasteiger charge is 2.02. The van der Waals surface area contributed by atoms with Crippen LogP contribution in [0.25, 0.3) is 0 Å². The average Bonchev–Trinajstić information content (AvgIpc) is 2.29. The number of halogens is 1. The Labute approximate surface area is 110 Å². The standard InChI is InChI=1S/C13H13ClN2S/c1-9(15)13-6-5-12(8-16-13)17-11-4-2-3-10(14)7-11/h2-9H,15H2,1H3/t9-/m1/s1. The zero-order valence-corrected chi connectivity index (χ0v) is 11.0. The third-order valence-electron chi connectivity index (χ3n) is 2.26. The van der Waals surface area contributed by atoms with Gasteiger partial charge in [0, 0.05) is 27.1 Å². The molecule has 0 aliphatic rings. The molecule has 0 saturated carbocycles. The van der Waals surface area contributed by atoms with Crippen LogP contribution in [0.2, 0.25) is 5.02 Å². The van der Waals surface area contributed by atoms with Gasteiger partial charge in [-0.1, -0.05) is 29.4 Å². The molecular weight excluding hydrogens is 252 g/mol. The van der Waals surface area contributed by atoms with Crippen LogP contribution in [0.15, 0.2) is 52.4 Å². The van der Waals surface area contributed by atoms with Crippen molar-refractivity contribution in [3.63, 3.8) is 0 Å². The Morgan fingerprint density at radius 2 is 2.06 bits per heavy atom. The van der Waals surface area contributed by atoms with Crippen LogP contribution in [0.1, 0.15) is 18.7 Å². The Balaban J connectivity index is 2.14. The van der Waals surface area contributed by atoms with Crippen molar-refractivity contribution in [1.29, 1.82) is 0 Å². The first-order valence-electron chi connectivity index (χ1n) is 5.30. The van der Waals surface area contributed by atoms with Gasteiger partial charge in [0.15, 0.2) is 0 Å². The van der Waals surface area contributed by atoms with E-state index in [1.54, 1.807) is 11.8 Å². The molecule has 0 spiro atoms. The third-order valence-corrected chi connectivity index (χ3v) is 3.46. The molecule has 88 valence electrons. The zero-order chi connectivity index (χ0) is 12.3. The van der Waals surface area contributed by atoms with Crippen LogP contribution in [-0.4, -0.2) is 4.98 Å². The summed E-state index contributed by atoms with van der Waals surface area (Å²) < 4.78 is 0. The fourth-order valence-electron chi connectivity index (χ4n) is 1.39. The molecule has 0 saturated heterocycles. The maximum Gasteiger partial charge on any atom is 0.0569 e. The maximum absolute atomic E-state index is 5.93. The van der Waals surface area contributed by atoms with Crippen LogP contribution in [-0.2, 0) is 0 Å². The number of pyridine rings is 1. The first-order chi connectivity index (χ1) is 8.15. The van der Waals surface area contributed by atoms with E-state index < -0.39 is 0 Å². The van der Waals surface area contributed by atoms with Crippen LogP contribution in [0, 0.1) is 0 Å². The van der Waals surface area contributed by atoms with Crippen molar-refractivity contribution < 1.29 is 0 Å². The Morgan fingerprint density at radius 1 is 1.24 bits per heavy atom. The zero-order valence-electron chi connectivity index (χ0n) is 9.43. The van der Waals surface area contributed by atoms with Crippen LogP contribution in [0.3, 0.4) is 0 Å². The molecule has 1 aromatic heterocycles. The van der Waals surface area contributed by atoms with Crippen molar-refractivity contribution >= 4 is 23.4 Å². The largest absolute Gasteiger partial charge is 0.323 e. The molecule has 1 heterocycles. The highest BCUT2D eigenvalue weighted by atomic mass is 35.5. The SMILES string of the molecule is C[C@@H](N)c1ccc(Sc2cccc(Cl)c2)cn1. The monoisotopic (exact) mass is 264 g/mol. The van der Waals surface area contributed by atoms with Crippen LogP contribution < -0.4 is 5.73 Å². The molecule has 0 aliphatic heterocycles. The lowest BCUT2D eigenvalue weighted by atomic mass is 10.2. The smallest absolute Gasteiger partial charge is 0.0569 e. The van der Waals surface area contributed by atoms with E-state index in [2.05, 4.69) is 4.98 Å². The number of hydrogen-bond donors (Lipinski definition) is 1. The lowest BCUT2D eigenvalue weighted by Crippen LogP contribution is -2.06. The summed E-state index contributed by atoms with van der Waals surface area (Å²) in [6.45, 7) is 1.92. The van der Waals surface area contributed by atoms with Crippen molar-refractivity contribution in [2.75, 3.05) is 0 Å². The molecule has 1 aromatic carbocycles. The van der Waals surface area contributed by atoms with Crippen molar-refractivity contribution in [1.82, 2.24) is 4.98 Å². The molecule has 0 unspecified atom stereocenters. The quantitative estimate of drug-likeness (QED) is 0.914. The molecule has 2 rings (SSSR count). The molecule has 0 bridgehead atoms. The van der Waals surface area contributed by atoms with Gasteiger partial charge in [-0.3, -0.25) is 4.98 Å². The lowest BCUT2D eigenvalue weighted by Gasteiger charge is -2.06. The minimum absolute atomic E-state index is 0.0276. The summed E-state index contributed by atoms with van der Waals surface area (Å²) in [5, 5.41) is 0.746. The minimum atomic E-state index is -0.0276. The van der Waals surface area contributed by atoms with E-state index in [1.807, 2.05) is 49.5 Å². The summed E-state index contributed by atoms with van der Waals surface area (Å²) in [5.74, 6) is 0. The van der Waals surface area contributed by atoms with Gasteiger partial charge in [0.1, 0.15) is 0 Å². The molecule has 17 heavy (non-hydrogen) atoms. The van der Waals surface area contributed by atoms with Gasteiger partial charge in [0.25, 0.3) is 0 Å². The normalized spacial score (nSPS) is 12.4. The molecule has 1 atom stereocenters. The maximum atomic E-state index is 5.93. The number of hydrogen-bond acceptors (Lipinski definition) is 3. The number of nitrogens with zero attached hydrogens (tertiary/aromatic N) is 1. The van der Waals surface area contributed by atoms with Gasteiger partial charge in [-0.25, -0.2) is 0 Å². The number of nitrogens with two attached hydrogens (primary N) is 1. The second-order valence-electron chi connectivity index (χ2n) is 3.77. The molecule has 0 fully saturated rings. The highest BCUT2D eigenvalue weighted by molar-refractivity contribution is 7.99. The number of aromatic nitrogens is 1. The Kier molecular flexibility index (Phi) is 4.05. The second kappa shape index (κ2) is 5.54. The van der Waals surface area contributed by atoms with E-state index in [9.17, 15) is 0 Å². The minimum Gasteiger partial charge on any atom is -0.323 e. The highest BCUT2D eigenvalue weighted by Crippen LogP contribution is 2.29. The van der Waals surface area contributed by atoms with Crippen LogP contribution in [0.5, 0.6) is 0 Å². The molecule has 2 aromatic rings. The molecule has 0 radical (unpaired) electrons. The Hall–Kier alpha value is -1.03. The van der Waals surface area contributed by atoms with Gasteiger partial charge in [-0.15, -0.1) is 0 Å². The van der Waals surface area contributed by atoms with Crippen molar-refractivity contribution in [3.8, 4) is 0 Å². The fraction of sp³-hybridized carbons (Fsp3) is 0.154. The number of benzene rings is 1. The average molecular weight is 265 g/mol. The van der Waals surface area contributed by atoms with Gasteiger partial charge < -0.3 is 5.73 Å². The summed E-state index contributed by atoms with van der Waals surface area (Å²) in [7, 11) is 0. The first-order valence-corrected chi connectivity index (χ1v) is 6.49. The van der Waals surface area contributed by atoms with E-state index >= 15 is 0 Å². The molecule has 0 amide bonds. The topological polar surface area (TPSA) is 38.9 Å². The Morgan fingerprint density at radius 3 is 2.65 bits per heavy atom.